The van der Waals surface area contributed by atoms with E-state index in [4.69, 9.17) is 10.5 Å². The fourth-order valence-electron chi connectivity index (χ4n) is 2.53. The van der Waals surface area contributed by atoms with Gasteiger partial charge in [0.2, 0.25) is 5.91 Å². The normalized spacial score (nSPS) is 10.9. The number of hydrogen-bond acceptors (Lipinski definition) is 4. The van der Waals surface area contributed by atoms with Crippen molar-refractivity contribution in [2.45, 2.75) is 6.54 Å². The zero-order valence-corrected chi connectivity index (χ0v) is 16.7. The van der Waals surface area contributed by atoms with Crippen molar-refractivity contribution in [2.75, 3.05) is 33.8 Å². The molecule has 0 aliphatic heterocycles. The predicted octanol–water partition coefficient (Wildman–Crippen LogP) is 0.988. The fourth-order valence-corrected chi connectivity index (χ4v) is 2.53. The summed E-state index contributed by atoms with van der Waals surface area (Å²) in [5, 5.41) is 5.74. The van der Waals surface area contributed by atoms with Crippen molar-refractivity contribution in [2.24, 2.45) is 10.7 Å². The maximum atomic E-state index is 11.9. The minimum Gasteiger partial charge on any atom is -0.492 e. The number of rotatable bonds is 9. The molecule has 0 fully saturated rings. The van der Waals surface area contributed by atoms with Crippen LogP contribution in [0.4, 0.5) is 0 Å². The van der Waals surface area contributed by atoms with Crippen LogP contribution < -0.4 is 21.1 Å². The fraction of sp³-hybridized carbons (Fsp3) is 0.286. The molecule has 0 heterocycles. The number of aliphatic imine (C=N–C) groups is 1. The summed E-state index contributed by atoms with van der Waals surface area (Å²) in [6, 6.07) is 16.8. The zero-order valence-electron chi connectivity index (χ0n) is 16.7. The topological polar surface area (TPSA) is 109 Å². The number of hydrogen-bond donors (Lipinski definition) is 3. The Balaban J connectivity index is 1.79. The Morgan fingerprint density at radius 1 is 1.07 bits per heavy atom. The summed E-state index contributed by atoms with van der Waals surface area (Å²) in [7, 11) is 3.67. The smallest absolute Gasteiger partial charge is 0.251 e. The molecule has 2 rings (SSSR count). The van der Waals surface area contributed by atoms with Crippen LogP contribution in [0.5, 0.6) is 5.75 Å². The molecule has 0 aliphatic carbocycles. The molecule has 2 aromatic rings. The summed E-state index contributed by atoms with van der Waals surface area (Å²) in [6.45, 7) is 1.59. The Kier molecular flexibility index (Phi) is 8.50. The summed E-state index contributed by atoms with van der Waals surface area (Å²) < 4.78 is 5.71. The lowest BCUT2D eigenvalue weighted by molar-refractivity contribution is -0.117. The van der Waals surface area contributed by atoms with Crippen molar-refractivity contribution in [3.63, 3.8) is 0 Å². The van der Waals surface area contributed by atoms with E-state index < -0.39 is 5.91 Å². The number of carbonyl (C=O) groups excluding carboxylic acids is 2. The van der Waals surface area contributed by atoms with Crippen LogP contribution in [-0.2, 0) is 11.3 Å². The average molecular weight is 397 g/mol. The Morgan fingerprint density at radius 3 is 2.38 bits per heavy atom. The van der Waals surface area contributed by atoms with Gasteiger partial charge in [0.05, 0.1) is 13.1 Å². The van der Waals surface area contributed by atoms with E-state index in [2.05, 4.69) is 15.6 Å². The van der Waals surface area contributed by atoms with Gasteiger partial charge in [0, 0.05) is 26.2 Å². The van der Waals surface area contributed by atoms with Gasteiger partial charge < -0.3 is 26.0 Å². The van der Waals surface area contributed by atoms with Crippen LogP contribution in [0.3, 0.4) is 0 Å². The molecular formula is C21H27N5O3. The van der Waals surface area contributed by atoms with Crippen LogP contribution in [-0.4, -0.2) is 56.5 Å². The number of nitrogens with two attached hydrogens (primary N) is 1. The number of nitrogens with one attached hydrogen (secondary N) is 2. The molecule has 0 unspecified atom stereocenters. The molecule has 0 bridgehead atoms. The third-order valence-electron chi connectivity index (χ3n) is 4.10. The van der Waals surface area contributed by atoms with Gasteiger partial charge in [-0.1, -0.05) is 30.3 Å². The zero-order chi connectivity index (χ0) is 21.1. The number of likely N-dealkylation sites (N-methyl/N-ethyl adjacent to an activating group) is 1. The summed E-state index contributed by atoms with van der Waals surface area (Å²) in [5.74, 6) is 0.662. The maximum absolute atomic E-state index is 11.9. The monoisotopic (exact) mass is 397 g/mol. The second-order valence-corrected chi connectivity index (χ2v) is 6.33. The lowest BCUT2D eigenvalue weighted by Gasteiger charge is -2.22. The van der Waals surface area contributed by atoms with Crippen LogP contribution >= 0.6 is 0 Å². The first-order valence-corrected chi connectivity index (χ1v) is 9.24. The molecule has 0 aliphatic rings. The third-order valence-corrected chi connectivity index (χ3v) is 4.10. The van der Waals surface area contributed by atoms with Gasteiger partial charge in [0.15, 0.2) is 5.96 Å². The molecule has 0 spiro atoms. The standard InChI is InChI=1S/C21H27N5O3/c1-23-21(26(2)12-13-29-18-6-4-3-5-7-18)25-14-16-8-10-17(11-9-16)20(28)24-15-19(22)27/h3-11H,12-15H2,1-2H3,(H2,22,27)(H,23,25)(H,24,28). The number of benzene rings is 2. The van der Waals surface area contributed by atoms with Crippen LogP contribution in [0.2, 0.25) is 0 Å². The first-order chi connectivity index (χ1) is 14.0. The lowest BCUT2D eigenvalue weighted by atomic mass is 10.1. The van der Waals surface area contributed by atoms with E-state index in [-0.39, 0.29) is 12.5 Å². The van der Waals surface area contributed by atoms with E-state index in [0.717, 1.165) is 17.3 Å². The number of amides is 2. The molecule has 29 heavy (non-hydrogen) atoms. The molecule has 0 aromatic heterocycles. The highest BCUT2D eigenvalue weighted by Crippen LogP contribution is 2.08. The van der Waals surface area contributed by atoms with Gasteiger partial charge in [-0.05, 0) is 29.8 Å². The van der Waals surface area contributed by atoms with Gasteiger partial charge >= 0.3 is 0 Å². The summed E-state index contributed by atoms with van der Waals surface area (Å²) in [4.78, 5) is 28.9. The molecule has 2 aromatic carbocycles. The Hall–Kier alpha value is -3.55. The molecule has 0 saturated carbocycles. The average Bonchev–Trinajstić information content (AvgIpc) is 2.73. The van der Waals surface area contributed by atoms with Gasteiger partial charge in [0.1, 0.15) is 12.4 Å². The Morgan fingerprint density at radius 2 is 1.76 bits per heavy atom. The van der Waals surface area contributed by atoms with Crippen molar-refractivity contribution < 1.29 is 14.3 Å². The summed E-state index contributed by atoms with van der Waals surface area (Å²) >= 11 is 0. The number of nitrogens with zero attached hydrogens (tertiary/aromatic N) is 2. The van der Waals surface area contributed by atoms with Crippen molar-refractivity contribution in [1.82, 2.24) is 15.5 Å². The lowest BCUT2D eigenvalue weighted by Crippen LogP contribution is -2.40. The van der Waals surface area contributed by atoms with Crippen LogP contribution in [0.1, 0.15) is 15.9 Å². The second kappa shape index (κ2) is 11.3. The summed E-state index contributed by atoms with van der Waals surface area (Å²) in [6.07, 6.45) is 0. The molecule has 4 N–H and O–H groups in total. The summed E-state index contributed by atoms with van der Waals surface area (Å²) in [5.41, 5.74) is 6.48. The second-order valence-electron chi connectivity index (χ2n) is 6.33. The molecule has 0 atom stereocenters. The number of para-hydroxylation sites is 1. The van der Waals surface area contributed by atoms with E-state index in [0.29, 0.717) is 25.3 Å². The van der Waals surface area contributed by atoms with E-state index in [1.54, 1.807) is 19.2 Å². The molecule has 2 amide bonds. The van der Waals surface area contributed by atoms with Gasteiger partial charge in [0.25, 0.3) is 5.91 Å². The van der Waals surface area contributed by atoms with Crippen LogP contribution in [0.15, 0.2) is 59.6 Å². The Labute approximate surface area is 170 Å². The number of ether oxygens (including phenoxy) is 1. The van der Waals surface area contributed by atoms with E-state index in [1.165, 1.54) is 0 Å². The minimum absolute atomic E-state index is 0.182. The largest absolute Gasteiger partial charge is 0.492 e. The van der Waals surface area contributed by atoms with Crippen LogP contribution in [0.25, 0.3) is 0 Å². The Bertz CT molecular complexity index is 822. The van der Waals surface area contributed by atoms with E-state index in [9.17, 15) is 9.59 Å². The van der Waals surface area contributed by atoms with Gasteiger partial charge in [-0.25, -0.2) is 0 Å². The van der Waals surface area contributed by atoms with E-state index in [1.807, 2.05) is 54.4 Å². The first-order valence-electron chi connectivity index (χ1n) is 9.24. The van der Waals surface area contributed by atoms with Gasteiger partial charge in [-0.2, -0.15) is 0 Å². The molecule has 8 heteroatoms. The number of guanidine groups is 1. The maximum Gasteiger partial charge on any atom is 0.251 e. The highest BCUT2D eigenvalue weighted by Gasteiger charge is 2.08. The number of carbonyl (C=O) groups is 2. The van der Waals surface area contributed by atoms with Gasteiger partial charge in [-0.3, -0.25) is 14.6 Å². The third kappa shape index (κ3) is 7.53. The van der Waals surface area contributed by atoms with Crippen molar-refractivity contribution in [3.05, 3.63) is 65.7 Å². The molecule has 8 nitrogen and oxygen atoms in total. The molecular weight excluding hydrogens is 370 g/mol. The van der Waals surface area contributed by atoms with Gasteiger partial charge in [-0.15, -0.1) is 0 Å². The molecule has 0 radical (unpaired) electrons. The van der Waals surface area contributed by atoms with E-state index >= 15 is 0 Å². The minimum atomic E-state index is -0.580. The highest BCUT2D eigenvalue weighted by atomic mass is 16.5. The van der Waals surface area contributed by atoms with Crippen molar-refractivity contribution >= 4 is 17.8 Å². The number of primary amides is 1. The SMILES string of the molecule is CN=C(NCc1ccc(C(=O)NCC(N)=O)cc1)N(C)CCOc1ccccc1. The highest BCUT2D eigenvalue weighted by molar-refractivity contribution is 5.96. The molecule has 154 valence electrons. The first kappa shape index (κ1) is 21.7. The van der Waals surface area contributed by atoms with Crippen molar-refractivity contribution in [3.8, 4) is 5.75 Å². The molecule has 0 saturated heterocycles. The quantitative estimate of drug-likeness (QED) is 0.432. The van der Waals surface area contributed by atoms with Crippen molar-refractivity contribution in [1.29, 1.82) is 0 Å². The predicted molar refractivity (Wildman–Crippen MR) is 113 cm³/mol. The van der Waals surface area contributed by atoms with Crippen LogP contribution in [0, 0.1) is 0 Å².